The maximum atomic E-state index is 12.2. The molecule has 3 aromatic rings. The number of aromatic nitrogens is 2. The van der Waals surface area contributed by atoms with E-state index in [0.29, 0.717) is 15.4 Å². The van der Waals surface area contributed by atoms with Crippen LogP contribution in [0.2, 0.25) is 5.02 Å². The smallest absolute Gasteiger partial charge is 0.408 e. The Balaban J connectivity index is 2.17. The first kappa shape index (κ1) is 13.3. The van der Waals surface area contributed by atoms with E-state index < -0.39 is 11.3 Å². The third-order valence-electron chi connectivity index (χ3n) is 2.73. The maximum absolute atomic E-state index is 12.2. The SMILES string of the molecule is O=c1oc2ccc(Cl)cc2c(=O)n1/N=C/c1ccccn1. The van der Waals surface area contributed by atoms with Gasteiger partial charge >= 0.3 is 5.76 Å². The third kappa shape index (κ3) is 2.61. The molecule has 2 heterocycles. The molecule has 0 aliphatic heterocycles. The Hall–Kier alpha value is -2.73. The summed E-state index contributed by atoms with van der Waals surface area (Å²) in [6.45, 7) is 0. The topological polar surface area (TPSA) is 77.5 Å². The largest absolute Gasteiger partial charge is 0.443 e. The van der Waals surface area contributed by atoms with Crippen LogP contribution >= 0.6 is 11.6 Å². The summed E-state index contributed by atoms with van der Waals surface area (Å²) in [6.07, 6.45) is 2.88. The highest BCUT2D eigenvalue weighted by molar-refractivity contribution is 6.31. The average molecular weight is 302 g/mol. The van der Waals surface area contributed by atoms with Gasteiger partial charge in [-0.2, -0.15) is 5.10 Å². The molecule has 0 saturated carbocycles. The molecule has 0 aliphatic carbocycles. The second-order valence-corrected chi connectivity index (χ2v) is 4.56. The van der Waals surface area contributed by atoms with Crippen LogP contribution in [-0.2, 0) is 0 Å². The molecular formula is C14H8ClN3O3. The number of nitrogens with zero attached hydrogens (tertiary/aromatic N) is 3. The molecule has 0 N–H and O–H groups in total. The predicted octanol–water partition coefficient (Wildman–Crippen LogP) is 1.89. The van der Waals surface area contributed by atoms with Crippen LogP contribution in [0.5, 0.6) is 0 Å². The molecule has 2 aromatic heterocycles. The third-order valence-corrected chi connectivity index (χ3v) is 2.96. The van der Waals surface area contributed by atoms with Crippen molar-refractivity contribution in [2.45, 2.75) is 0 Å². The van der Waals surface area contributed by atoms with Gasteiger partial charge in [0.25, 0.3) is 5.56 Å². The van der Waals surface area contributed by atoms with Crippen LogP contribution in [0.15, 0.2) is 61.7 Å². The second-order valence-electron chi connectivity index (χ2n) is 4.12. The zero-order valence-electron chi connectivity index (χ0n) is 10.6. The summed E-state index contributed by atoms with van der Waals surface area (Å²) in [6, 6.07) is 9.62. The van der Waals surface area contributed by atoms with Crippen molar-refractivity contribution in [3.05, 3.63) is 74.2 Å². The molecule has 0 bridgehead atoms. The van der Waals surface area contributed by atoms with E-state index in [-0.39, 0.29) is 11.0 Å². The number of halogens is 1. The Morgan fingerprint density at radius 3 is 2.86 bits per heavy atom. The fourth-order valence-corrected chi connectivity index (χ4v) is 1.93. The highest BCUT2D eigenvalue weighted by Gasteiger charge is 2.09. The van der Waals surface area contributed by atoms with Gasteiger partial charge in [0.2, 0.25) is 0 Å². The lowest BCUT2D eigenvalue weighted by Crippen LogP contribution is -2.29. The molecule has 7 heteroatoms. The fraction of sp³-hybridized carbons (Fsp3) is 0. The Bertz CT molecular complexity index is 945. The van der Waals surface area contributed by atoms with Crippen molar-refractivity contribution in [1.29, 1.82) is 0 Å². The van der Waals surface area contributed by atoms with Crippen molar-refractivity contribution < 1.29 is 4.42 Å². The Labute approximate surface area is 122 Å². The molecule has 6 nitrogen and oxygen atoms in total. The van der Waals surface area contributed by atoms with Gasteiger partial charge in [0.05, 0.1) is 17.3 Å². The van der Waals surface area contributed by atoms with Crippen molar-refractivity contribution >= 4 is 28.8 Å². The molecule has 0 atom stereocenters. The molecule has 3 rings (SSSR count). The lowest BCUT2D eigenvalue weighted by molar-refractivity contribution is 0.481. The van der Waals surface area contributed by atoms with Gasteiger partial charge in [-0.25, -0.2) is 4.79 Å². The minimum absolute atomic E-state index is 0.165. The molecule has 21 heavy (non-hydrogen) atoms. The van der Waals surface area contributed by atoms with E-state index in [4.69, 9.17) is 16.0 Å². The van der Waals surface area contributed by atoms with Crippen LogP contribution in [0.3, 0.4) is 0 Å². The number of fused-ring (bicyclic) bond motifs is 1. The molecule has 0 radical (unpaired) electrons. The summed E-state index contributed by atoms with van der Waals surface area (Å²) in [4.78, 5) is 28.0. The highest BCUT2D eigenvalue weighted by atomic mass is 35.5. The first-order valence-electron chi connectivity index (χ1n) is 5.96. The minimum Gasteiger partial charge on any atom is -0.408 e. The molecule has 1 aromatic carbocycles. The minimum atomic E-state index is -0.873. The summed E-state index contributed by atoms with van der Waals surface area (Å²) in [5, 5.41) is 4.37. The summed E-state index contributed by atoms with van der Waals surface area (Å²) in [5.41, 5.74) is 0.0737. The normalized spacial score (nSPS) is 11.3. The van der Waals surface area contributed by atoms with Gasteiger partial charge in [0, 0.05) is 11.2 Å². The molecule has 0 amide bonds. The van der Waals surface area contributed by atoms with Gasteiger partial charge in [-0.3, -0.25) is 9.78 Å². The lowest BCUT2D eigenvalue weighted by Gasteiger charge is -1.99. The zero-order chi connectivity index (χ0) is 14.8. The summed E-state index contributed by atoms with van der Waals surface area (Å²) < 4.78 is 5.66. The monoisotopic (exact) mass is 301 g/mol. The standard InChI is InChI=1S/C14H8ClN3O3/c15-9-4-5-12-11(7-9)13(19)18(14(20)21-12)17-8-10-3-1-2-6-16-10/h1-8H/b17-8+. The number of rotatable bonds is 2. The van der Waals surface area contributed by atoms with Crippen LogP contribution in [0.25, 0.3) is 11.0 Å². The quantitative estimate of drug-likeness (QED) is 0.677. The Morgan fingerprint density at radius 2 is 2.10 bits per heavy atom. The number of pyridine rings is 1. The van der Waals surface area contributed by atoms with Crippen molar-refractivity contribution in [3.8, 4) is 0 Å². The molecule has 0 saturated heterocycles. The number of hydrogen-bond acceptors (Lipinski definition) is 5. The first-order valence-corrected chi connectivity index (χ1v) is 6.34. The van der Waals surface area contributed by atoms with Gasteiger partial charge in [0.1, 0.15) is 5.58 Å². The molecule has 0 fully saturated rings. The second kappa shape index (κ2) is 5.34. The molecular weight excluding hydrogens is 294 g/mol. The first-order chi connectivity index (χ1) is 10.1. The molecule has 0 aliphatic rings. The van der Waals surface area contributed by atoms with Crippen LogP contribution in [-0.4, -0.2) is 15.9 Å². The van der Waals surface area contributed by atoms with Gasteiger partial charge in [0.15, 0.2) is 0 Å². The summed E-state index contributed by atoms with van der Waals surface area (Å²) in [7, 11) is 0. The predicted molar refractivity (Wildman–Crippen MR) is 79.0 cm³/mol. The van der Waals surface area contributed by atoms with Crippen LogP contribution in [0.4, 0.5) is 0 Å². The van der Waals surface area contributed by atoms with E-state index in [1.54, 1.807) is 24.4 Å². The zero-order valence-corrected chi connectivity index (χ0v) is 11.3. The van der Waals surface area contributed by atoms with E-state index >= 15 is 0 Å². The van der Waals surface area contributed by atoms with E-state index in [1.165, 1.54) is 24.4 Å². The van der Waals surface area contributed by atoms with Crippen LogP contribution in [0, 0.1) is 0 Å². The van der Waals surface area contributed by atoms with Crippen molar-refractivity contribution in [2.75, 3.05) is 0 Å². The number of benzene rings is 1. The van der Waals surface area contributed by atoms with Crippen molar-refractivity contribution in [3.63, 3.8) is 0 Å². The molecule has 104 valence electrons. The van der Waals surface area contributed by atoms with Gasteiger partial charge in [-0.15, -0.1) is 4.68 Å². The number of hydrogen-bond donors (Lipinski definition) is 0. The Kier molecular flexibility index (Phi) is 3.37. The maximum Gasteiger partial charge on any atom is 0.443 e. The van der Waals surface area contributed by atoms with Crippen molar-refractivity contribution in [2.24, 2.45) is 5.10 Å². The van der Waals surface area contributed by atoms with E-state index in [1.807, 2.05) is 0 Å². The van der Waals surface area contributed by atoms with E-state index in [9.17, 15) is 9.59 Å². The van der Waals surface area contributed by atoms with Crippen LogP contribution in [0.1, 0.15) is 5.69 Å². The van der Waals surface area contributed by atoms with Gasteiger partial charge in [-0.1, -0.05) is 17.7 Å². The summed E-state index contributed by atoms with van der Waals surface area (Å²) >= 11 is 5.84. The van der Waals surface area contributed by atoms with Gasteiger partial charge in [-0.05, 0) is 30.3 Å². The summed E-state index contributed by atoms with van der Waals surface area (Å²) in [5.74, 6) is -0.873. The highest BCUT2D eigenvalue weighted by Crippen LogP contribution is 2.14. The van der Waals surface area contributed by atoms with Crippen molar-refractivity contribution in [1.82, 2.24) is 9.66 Å². The fourth-order valence-electron chi connectivity index (χ4n) is 1.76. The van der Waals surface area contributed by atoms with Crippen LogP contribution < -0.4 is 11.3 Å². The lowest BCUT2D eigenvalue weighted by atomic mass is 10.2. The van der Waals surface area contributed by atoms with E-state index in [0.717, 1.165) is 0 Å². The molecule has 0 spiro atoms. The average Bonchev–Trinajstić information content (AvgIpc) is 2.49. The van der Waals surface area contributed by atoms with Gasteiger partial charge < -0.3 is 4.42 Å². The van der Waals surface area contributed by atoms with E-state index in [2.05, 4.69) is 10.1 Å². The Morgan fingerprint density at radius 1 is 1.24 bits per heavy atom. The molecule has 0 unspecified atom stereocenters.